The zero-order valence-electron chi connectivity index (χ0n) is 16.2. The molecule has 0 aliphatic heterocycles. The molecular weight excluding hydrogens is 324 g/mol. The Morgan fingerprint density at radius 3 is 2.00 bits per heavy atom. The Morgan fingerprint density at radius 1 is 0.962 bits per heavy atom. The van der Waals surface area contributed by atoms with E-state index in [1.165, 1.54) is 34.6 Å². The van der Waals surface area contributed by atoms with Crippen LogP contribution in [-0.2, 0) is 16.2 Å². The monoisotopic (exact) mass is 350 g/mol. The van der Waals surface area contributed by atoms with Crippen LogP contribution in [0.3, 0.4) is 0 Å². The summed E-state index contributed by atoms with van der Waals surface area (Å²) in [5.74, 6) is -0.236. The van der Waals surface area contributed by atoms with Crippen molar-refractivity contribution in [1.29, 1.82) is 0 Å². The molecule has 1 N–H and O–H groups in total. The van der Waals surface area contributed by atoms with E-state index in [2.05, 4.69) is 56.7 Å². The van der Waals surface area contributed by atoms with Crippen molar-refractivity contribution in [1.82, 2.24) is 9.97 Å². The third kappa shape index (κ3) is 2.38. The van der Waals surface area contributed by atoms with Crippen LogP contribution in [0.2, 0.25) is 0 Å². The van der Waals surface area contributed by atoms with Gasteiger partial charge in [0.1, 0.15) is 5.82 Å². The van der Waals surface area contributed by atoms with Crippen LogP contribution in [0.5, 0.6) is 0 Å². The van der Waals surface area contributed by atoms with Crippen molar-refractivity contribution in [3.05, 3.63) is 58.2 Å². The first kappa shape index (κ1) is 17.2. The summed E-state index contributed by atoms with van der Waals surface area (Å²) in [7, 11) is 0. The summed E-state index contributed by atoms with van der Waals surface area (Å²) in [6.45, 7) is 11.5. The zero-order valence-corrected chi connectivity index (χ0v) is 16.2. The maximum Gasteiger partial charge on any atom is 0.338 e. The van der Waals surface area contributed by atoms with Crippen LogP contribution in [0.15, 0.2) is 24.5 Å². The fraction of sp³-hybridized carbons (Fsp3) is 0.500. The third-order valence-electron chi connectivity index (χ3n) is 6.30. The van der Waals surface area contributed by atoms with E-state index in [0.29, 0.717) is 0 Å². The number of benzene rings is 1. The Morgan fingerprint density at radius 2 is 1.50 bits per heavy atom. The summed E-state index contributed by atoms with van der Waals surface area (Å²) in [6, 6.07) is 4.76. The van der Waals surface area contributed by atoms with Gasteiger partial charge < -0.3 is 5.11 Å². The highest BCUT2D eigenvalue weighted by atomic mass is 16.4. The molecule has 2 aliphatic rings. The number of aromatic carboxylic acids is 1. The van der Waals surface area contributed by atoms with Crippen LogP contribution in [-0.4, -0.2) is 21.0 Å². The summed E-state index contributed by atoms with van der Waals surface area (Å²) in [5, 5.41) is 9.09. The van der Waals surface area contributed by atoms with E-state index < -0.39 is 5.97 Å². The molecular formula is C22H26N2O2. The predicted octanol–water partition coefficient (Wildman–Crippen LogP) is 4.52. The number of carboxylic acid groups (broad SMARTS) is 1. The van der Waals surface area contributed by atoms with Crippen LogP contribution in [0.1, 0.15) is 85.4 Å². The van der Waals surface area contributed by atoms with Crippen molar-refractivity contribution >= 4 is 5.97 Å². The second-order valence-corrected chi connectivity index (χ2v) is 9.34. The molecule has 4 nitrogen and oxygen atoms in total. The van der Waals surface area contributed by atoms with E-state index in [9.17, 15) is 4.79 Å². The maximum absolute atomic E-state index is 11.1. The van der Waals surface area contributed by atoms with E-state index in [1.807, 2.05) is 0 Å². The molecule has 0 saturated heterocycles. The minimum Gasteiger partial charge on any atom is -0.478 e. The largest absolute Gasteiger partial charge is 0.478 e. The van der Waals surface area contributed by atoms with Crippen molar-refractivity contribution in [3.8, 4) is 0 Å². The molecule has 1 heterocycles. The average Bonchev–Trinajstić information content (AvgIpc) is 3.32. The molecule has 1 saturated carbocycles. The number of rotatable bonds is 3. The fourth-order valence-electron chi connectivity index (χ4n) is 5.06. The van der Waals surface area contributed by atoms with Gasteiger partial charge in [-0.15, -0.1) is 0 Å². The maximum atomic E-state index is 11.1. The van der Waals surface area contributed by atoms with E-state index in [1.54, 1.807) is 0 Å². The van der Waals surface area contributed by atoms with Crippen molar-refractivity contribution in [3.63, 3.8) is 0 Å². The quantitative estimate of drug-likeness (QED) is 0.884. The molecule has 0 amide bonds. The number of carboxylic acids is 1. The number of hydrogen-bond donors (Lipinski definition) is 1. The second kappa shape index (κ2) is 5.15. The normalized spacial score (nSPS) is 21.3. The molecule has 0 atom stereocenters. The summed E-state index contributed by atoms with van der Waals surface area (Å²) in [4.78, 5) is 19.9. The van der Waals surface area contributed by atoms with Crippen LogP contribution in [0.4, 0.5) is 0 Å². The lowest BCUT2D eigenvalue weighted by atomic mass is 9.81. The zero-order chi connectivity index (χ0) is 18.9. The Labute approximate surface area is 154 Å². The summed E-state index contributed by atoms with van der Waals surface area (Å²) < 4.78 is 0. The summed E-state index contributed by atoms with van der Waals surface area (Å²) in [5.41, 5.74) is 5.84. The predicted molar refractivity (Wildman–Crippen MR) is 101 cm³/mol. The third-order valence-corrected chi connectivity index (χ3v) is 6.30. The van der Waals surface area contributed by atoms with Crippen LogP contribution >= 0.6 is 0 Å². The lowest BCUT2D eigenvalue weighted by Gasteiger charge is -2.23. The molecule has 1 fully saturated rings. The second-order valence-electron chi connectivity index (χ2n) is 9.34. The first-order chi connectivity index (χ1) is 12.1. The smallest absolute Gasteiger partial charge is 0.338 e. The number of carbonyl (C=O) groups is 1. The summed E-state index contributed by atoms with van der Waals surface area (Å²) >= 11 is 0. The standard InChI is InChI=1S/C22H26N2O2/c1-13-8-16-17(21(4,5)12-20(16,2)3)9-15(13)22(6-7-22)19-23-10-14(11-24-19)18(25)26/h8-11H,6-7,12H2,1-5H3,(H,25,26). The minimum atomic E-state index is -0.987. The van der Waals surface area contributed by atoms with Crippen LogP contribution in [0.25, 0.3) is 0 Å². The summed E-state index contributed by atoms with van der Waals surface area (Å²) in [6.07, 6.45) is 6.04. The average molecular weight is 350 g/mol. The van der Waals surface area contributed by atoms with Gasteiger partial charge in [0.05, 0.1) is 11.0 Å². The van der Waals surface area contributed by atoms with E-state index >= 15 is 0 Å². The number of hydrogen-bond acceptors (Lipinski definition) is 3. The van der Waals surface area contributed by atoms with Gasteiger partial charge in [-0.05, 0) is 59.3 Å². The Balaban J connectivity index is 1.83. The van der Waals surface area contributed by atoms with Crippen LogP contribution < -0.4 is 0 Å². The molecule has 26 heavy (non-hydrogen) atoms. The Hall–Kier alpha value is -2.23. The first-order valence-electron chi connectivity index (χ1n) is 9.29. The molecule has 0 bridgehead atoms. The lowest BCUT2D eigenvalue weighted by Crippen LogP contribution is -2.18. The highest BCUT2D eigenvalue weighted by Gasteiger charge is 2.51. The van der Waals surface area contributed by atoms with Crippen LogP contribution in [0, 0.1) is 6.92 Å². The molecule has 4 rings (SSSR count). The molecule has 2 aromatic rings. The van der Waals surface area contributed by atoms with Gasteiger partial charge in [-0.25, -0.2) is 14.8 Å². The van der Waals surface area contributed by atoms with Gasteiger partial charge in [0.25, 0.3) is 0 Å². The van der Waals surface area contributed by atoms with Gasteiger partial charge in [0, 0.05) is 12.4 Å². The minimum absolute atomic E-state index is 0.137. The van der Waals surface area contributed by atoms with Gasteiger partial charge in [-0.1, -0.05) is 39.8 Å². The molecule has 136 valence electrons. The van der Waals surface area contributed by atoms with Gasteiger partial charge in [-0.3, -0.25) is 0 Å². The van der Waals surface area contributed by atoms with Gasteiger partial charge in [0.2, 0.25) is 0 Å². The van der Waals surface area contributed by atoms with Gasteiger partial charge in [0.15, 0.2) is 0 Å². The SMILES string of the molecule is Cc1cc2c(cc1C1(c3ncc(C(=O)O)cn3)CC1)C(C)(C)CC2(C)C. The first-order valence-corrected chi connectivity index (χ1v) is 9.29. The van der Waals surface area contributed by atoms with Crippen molar-refractivity contribution in [2.24, 2.45) is 0 Å². The van der Waals surface area contributed by atoms with Crippen molar-refractivity contribution in [2.45, 2.75) is 70.1 Å². The fourth-order valence-corrected chi connectivity index (χ4v) is 5.06. The number of nitrogens with zero attached hydrogens (tertiary/aromatic N) is 2. The Bertz CT molecular complexity index is 906. The van der Waals surface area contributed by atoms with Gasteiger partial charge >= 0.3 is 5.97 Å². The molecule has 1 aromatic heterocycles. The topological polar surface area (TPSA) is 63.1 Å². The number of aryl methyl sites for hydroxylation is 1. The molecule has 1 aromatic carbocycles. The van der Waals surface area contributed by atoms with E-state index in [4.69, 9.17) is 5.11 Å². The molecule has 4 heteroatoms. The highest BCUT2D eigenvalue weighted by molar-refractivity contribution is 5.86. The van der Waals surface area contributed by atoms with E-state index in [0.717, 1.165) is 25.1 Å². The number of fused-ring (bicyclic) bond motifs is 1. The van der Waals surface area contributed by atoms with E-state index in [-0.39, 0.29) is 21.8 Å². The van der Waals surface area contributed by atoms with Crippen molar-refractivity contribution < 1.29 is 9.90 Å². The molecule has 0 spiro atoms. The molecule has 0 radical (unpaired) electrons. The lowest BCUT2D eigenvalue weighted by molar-refractivity contribution is 0.0696. The molecule has 2 aliphatic carbocycles. The number of aromatic nitrogens is 2. The molecule has 0 unspecified atom stereocenters. The highest BCUT2D eigenvalue weighted by Crippen LogP contribution is 2.56. The Kier molecular flexibility index (Phi) is 3.41. The van der Waals surface area contributed by atoms with Crippen molar-refractivity contribution in [2.75, 3.05) is 0 Å². The van der Waals surface area contributed by atoms with Gasteiger partial charge in [-0.2, -0.15) is 0 Å².